The third-order valence-corrected chi connectivity index (χ3v) is 6.46. The number of amides is 2. The van der Waals surface area contributed by atoms with Crippen LogP contribution in [0.5, 0.6) is 0 Å². The quantitative estimate of drug-likeness (QED) is 0.734. The number of carbonyl (C=O) groups excluding carboxylic acids is 2. The summed E-state index contributed by atoms with van der Waals surface area (Å²) in [5, 5.41) is 5.75. The van der Waals surface area contributed by atoms with E-state index in [2.05, 4.69) is 42.5 Å². The van der Waals surface area contributed by atoms with E-state index < -0.39 is 0 Å². The minimum atomic E-state index is -0.233. The summed E-state index contributed by atoms with van der Waals surface area (Å²) in [6.07, 6.45) is 2.05. The van der Waals surface area contributed by atoms with Gasteiger partial charge >= 0.3 is 0 Å². The predicted molar refractivity (Wildman–Crippen MR) is 94.6 cm³/mol. The van der Waals surface area contributed by atoms with Crippen molar-refractivity contribution in [2.24, 2.45) is 0 Å². The van der Waals surface area contributed by atoms with Gasteiger partial charge in [0.25, 0.3) is 11.8 Å². The molecule has 3 rings (SSSR count). The highest BCUT2D eigenvalue weighted by molar-refractivity contribution is 9.13. The number of benzene rings is 1. The number of hydrogen-bond donors (Lipinski definition) is 2. The average Bonchev–Trinajstić information content (AvgIpc) is 3.24. The highest BCUT2D eigenvalue weighted by atomic mass is 79.9. The van der Waals surface area contributed by atoms with Gasteiger partial charge < -0.3 is 10.6 Å². The number of nitrogens with one attached hydrogen (secondary N) is 2. The molecule has 0 atom stereocenters. The van der Waals surface area contributed by atoms with E-state index >= 15 is 0 Å². The second-order valence-corrected chi connectivity index (χ2v) is 8.20. The zero-order chi connectivity index (χ0) is 15.7. The van der Waals surface area contributed by atoms with Crippen molar-refractivity contribution in [3.63, 3.8) is 0 Å². The predicted octanol–water partition coefficient (Wildman–Crippen LogP) is 4.42. The molecular formula is C15H12Br2N2O2S. The lowest BCUT2D eigenvalue weighted by Crippen LogP contribution is -2.26. The van der Waals surface area contributed by atoms with Crippen LogP contribution in [0.15, 0.2) is 38.6 Å². The Bertz CT molecular complexity index is 721. The van der Waals surface area contributed by atoms with Crippen LogP contribution in [0.3, 0.4) is 0 Å². The van der Waals surface area contributed by atoms with Crippen LogP contribution in [-0.2, 0) is 0 Å². The largest absolute Gasteiger partial charge is 0.349 e. The fourth-order valence-corrected chi connectivity index (χ4v) is 3.85. The van der Waals surface area contributed by atoms with Crippen LogP contribution in [0, 0.1) is 0 Å². The maximum atomic E-state index is 12.3. The number of thiophene rings is 1. The third kappa shape index (κ3) is 3.59. The molecule has 1 fully saturated rings. The lowest BCUT2D eigenvalue weighted by atomic mass is 10.1. The third-order valence-electron chi connectivity index (χ3n) is 3.20. The Balaban J connectivity index is 1.79. The molecule has 0 radical (unpaired) electrons. The van der Waals surface area contributed by atoms with Gasteiger partial charge in [0.15, 0.2) is 0 Å². The Morgan fingerprint density at radius 1 is 1.14 bits per heavy atom. The van der Waals surface area contributed by atoms with Crippen molar-refractivity contribution in [1.82, 2.24) is 5.32 Å². The van der Waals surface area contributed by atoms with Gasteiger partial charge in [0.05, 0.1) is 19.9 Å². The van der Waals surface area contributed by atoms with Gasteiger partial charge in [-0.25, -0.2) is 0 Å². The SMILES string of the molecule is O=C(Nc1ccccc1C(=O)NC1CC1)c1cc(Br)c(Br)s1. The molecule has 2 aromatic rings. The highest BCUT2D eigenvalue weighted by Crippen LogP contribution is 2.33. The summed E-state index contributed by atoms with van der Waals surface area (Å²) in [6, 6.07) is 9.06. The van der Waals surface area contributed by atoms with E-state index in [0.29, 0.717) is 16.1 Å². The molecule has 22 heavy (non-hydrogen) atoms. The molecule has 2 N–H and O–H groups in total. The molecular weight excluding hydrogens is 432 g/mol. The van der Waals surface area contributed by atoms with Gasteiger partial charge in [0.1, 0.15) is 0 Å². The molecule has 1 aromatic carbocycles. The van der Waals surface area contributed by atoms with E-state index in [9.17, 15) is 9.59 Å². The van der Waals surface area contributed by atoms with Crippen molar-refractivity contribution in [2.45, 2.75) is 18.9 Å². The zero-order valence-electron chi connectivity index (χ0n) is 11.4. The smallest absolute Gasteiger partial charge is 0.265 e. The minimum absolute atomic E-state index is 0.146. The lowest BCUT2D eigenvalue weighted by molar-refractivity contribution is 0.0952. The van der Waals surface area contributed by atoms with Gasteiger partial charge in [-0.05, 0) is 62.9 Å². The Labute approximate surface area is 148 Å². The van der Waals surface area contributed by atoms with Crippen molar-refractivity contribution in [2.75, 3.05) is 5.32 Å². The van der Waals surface area contributed by atoms with Gasteiger partial charge in [-0.3, -0.25) is 9.59 Å². The Morgan fingerprint density at radius 3 is 2.50 bits per heavy atom. The Morgan fingerprint density at radius 2 is 1.86 bits per heavy atom. The van der Waals surface area contributed by atoms with Crippen LogP contribution >= 0.6 is 43.2 Å². The summed E-state index contributed by atoms with van der Waals surface area (Å²) in [4.78, 5) is 25.1. The average molecular weight is 444 g/mol. The normalized spacial score (nSPS) is 13.7. The molecule has 7 heteroatoms. The molecule has 0 unspecified atom stereocenters. The summed E-state index contributed by atoms with van der Waals surface area (Å²) in [5.41, 5.74) is 1.00. The van der Waals surface area contributed by atoms with Crippen LogP contribution in [0.2, 0.25) is 0 Å². The number of hydrogen-bond acceptors (Lipinski definition) is 3. The molecule has 4 nitrogen and oxygen atoms in total. The Kier molecular flexibility index (Phi) is 4.65. The van der Waals surface area contributed by atoms with Crippen LogP contribution in [0.4, 0.5) is 5.69 Å². The molecule has 1 aromatic heterocycles. The standard InChI is InChI=1S/C15H12Br2N2O2S/c16-10-7-12(22-13(10)17)15(21)19-11-4-2-1-3-9(11)14(20)18-8-5-6-8/h1-4,7-8H,5-6H2,(H,18,20)(H,19,21). The summed E-state index contributed by atoms with van der Waals surface area (Å²) in [7, 11) is 0. The summed E-state index contributed by atoms with van der Waals surface area (Å²) in [6.45, 7) is 0. The molecule has 1 heterocycles. The molecule has 1 saturated carbocycles. The van der Waals surface area contributed by atoms with E-state index in [4.69, 9.17) is 0 Å². The van der Waals surface area contributed by atoms with E-state index in [-0.39, 0.29) is 17.9 Å². The Hall–Kier alpha value is -1.18. The van der Waals surface area contributed by atoms with Crippen molar-refractivity contribution >= 4 is 60.7 Å². The van der Waals surface area contributed by atoms with Gasteiger partial charge in [-0.1, -0.05) is 12.1 Å². The summed E-state index contributed by atoms with van der Waals surface area (Å²) < 4.78 is 1.69. The van der Waals surface area contributed by atoms with E-state index in [0.717, 1.165) is 21.1 Å². The number of para-hydroxylation sites is 1. The van der Waals surface area contributed by atoms with Crippen molar-refractivity contribution < 1.29 is 9.59 Å². The lowest BCUT2D eigenvalue weighted by Gasteiger charge is -2.10. The van der Waals surface area contributed by atoms with E-state index in [1.165, 1.54) is 11.3 Å². The first-order chi connectivity index (χ1) is 10.5. The first-order valence-electron chi connectivity index (χ1n) is 6.70. The van der Waals surface area contributed by atoms with E-state index in [1.807, 2.05) is 0 Å². The van der Waals surface area contributed by atoms with Crippen LogP contribution < -0.4 is 10.6 Å². The van der Waals surface area contributed by atoms with E-state index in [1.54, 1.807) is 30.3 Å². The summed E-state index contributed by atoms with van der Waals surface area (Å²) in [5.74, 6) is -0.380. The maximum Gasteiger partial charge on any atom is 0.265 e. The molecule has 1 aliphatic rings. The minimum Gasteiger partial charge on any atom is -0.349 e. The highest BCUT2D eigenvalue weighted by Gasteiger charge is 2.25. The zero-order valence-corrected chi connectivity index (χ0v) is 15.3. The second kappa shape index (κ2) is 6.52. The van der Waals surface area contributed by atoms with Gasteiger partial charge in [0, 0.05) is 10.5 Å². The van der Waals surface area contributed by atoms with Crippen molar-refractivity contribution in [3.8, 4) is 0 Å². The molecule has 114 valence electrons. The maximum absolute atomic E-state index is 12.3. The summed E-state index contributed by atoms with van der Waals surface area (Å²) >= 11 is 8.06. The molecule has 1 aliphatic carbocycles. The molecule has 0 aliphatic heterocycles. The van der Waals surface area contributed by atoms with Crippen LogP contribution in [0.25, 0.3) is 0 Å². The number of carbonyl (C=O) groups is 2. The van der Waals surface area contributed by atoms with Crippen LogP contribution in [-0.4, -0.2) is 17.9 Å². The first kappa shape index (κ1) is 15.7. The molecule has 2 amide bonds. The topological polar surface area (TPSA) is 58.2 Å². The van der Waals surface area contributed by atoms with Crippen molar-refractivity contribution in [3.05, 3.63) is 49.0 Å². The molecule has 0 spiro atoms. The monoisotopic (exact) mass is 442 g/mol. The molecule has 0 saturated heterocycles. The van der Waals surface area contributed by atoms with Gasteiger partial charge in [-0.15, -0.1) is 11.3 Å². The van der Waals surface area contributed by atoms with Gasteiger partial charge in [0.2, 0.25) is 0 Å². The fourth-order valence-electron chi connectivity index (χ4n) is 1.92. The number of halogens is 2. The van der Waals surface area contributed by atoms with Gasteiger partial charge in [-0.2, -0.15) is 0 Å². The number of anilines is 1. The fraction of sp³-hybridized carbons (Fsp3) is 0.200. The second-order valence-electron chi connectivity index (χ2n) is 4.98. The number of rotatable bonds is 4. The van der Waals surface area contributed by atoms with Crippen LogP contribution in [0.1, 0.15) is 32.9 Å². The molecule has 0 bridgehead atoms. The first-order valence-corrected chi connectivity index (χ1v) is 9.11. The van der Waals surface area contributed by atoms with Crippen molar-refractivity contribution in [1.29, 1.82) is 0 Å².